The Hall–Kier alpha value is -2.05. The van der Waals surface area contributed by atoms with Gasteiger partial charge in [-0.1, -0.05) is 24.3 Å². The Morgan fingerprint density at radius 3 is 2.60 bits per heavy atom. The molecular formula is C19H19NO3S2. The first-order valence-corrected chi connectivity index (χ1v) is 9.88. The fourth-order valence-electron chi connectivity index (χ4n) is 2.47. The molecule has 0 unspecified atom stereocenters. The number of unbranched alkanes of at least 4 members (excludes halogenated alkanes) is 2. The summed E-state index contributed by atoms with van der Waals surface area (Å²) in [7, 11) is 0. The molecule has 1 aliphatic heterocycles. The zero-order valence-electron chi connectivity index (χ0n) is 13.7. The van der Waals surface area contributed by atoms with Crippen LogP contribution in [0, 0.1) is 0 Å². The normalized spacial score (nSPS) is 15.6. The van der Waals surface area contributed by atoms with Crippen molar-refractivity contribution in [3.8, 4) is 5.75 Å². The fraction of sp³-hybridized carbons (Fsp3) is 0.263. The van der Waals surface area contributed by atoms with Crippen LogP contribution in [0.15, 0.2) is 52.8 Å². The molecule has 0 bridgehead atoms. The summed E-state index contributed by atoms with van der Waals surface area (Å²) >= 11 is 2.68. The number of hydrogen-bond acceptors (Lipinski definition) is 5. The first-order valence-electron chi connectivity index (χ1n) is 8.18. The highest BCUT2D eigenvalue weighted by atomic mass is 32.2. The minimum Gasteiger partial charge on any atom is -0.488 e. The van der Waals surface area contributed by atoms with Crippen LogP contribution in [-0.4, -0.2) is 11.1 Å². The number of ether oxygens (including phenoxy) is 1. The van der Waals surface area contributed by atoms with Gasteiger partial charge in [-0.05, 0) is 66.6 Å². The summed E-state index contributed by atoms with van der Waals surface area (Å²) in [6.07, 6.45) is 5.69. The van der Waals surface area contributed by atoms with Gasteiger partial charge in [-0.25, -0.2) is 0 Å². The Bertz CT molecular complexity index is 751. The van der Waals surface area contributed by atoms with E-state index in [1.807, 2.05) is 29.7 Å². The standard InChI is InChI=1S/C19H19NO3S2/c21-18-17(25-19(22)20-18)7-3-1-2-5-14-8-10-15(11-9-14)23-13-16-6-4-12-24-16/h4,6-12H,1-3,5,13H2,(H,20,21,22). The molecule has 4 nitrogen and oxygen atoms in total. The van der Waals surface area contributed by atoms with E-state index in [4.69, 9.17) is 4.74 Å². The SMILES string of the molecule is O=C1NC(=O)C(=CCCCCc2ccc(OCc3cccs3)cc2)S1. The molecule has 0 aliphatic carbocycles. The summed E-state index contributed by atoms with van der Waals surface area (Å²) in [4.78, 5) is 24.2. The van der Waals surface area contributed by atoms with E-state index in [2.05, 4.69) is 23.5 Å². The number of thioether (sulfide) groups is 1. The van der Waals surface area contributed by atoms with Crippen molar-refractivity contribution in [2.24, 2.45) is 0 Å². The highest BCUT2D eigenvalue weighted by Crippen LogP contribution is 2.24. The van der Waals surface area contributed by atoms with E-state index in [9.17, 15) is 9.59 Å². The third-order valence-corrected chi connectivity index (χ3v) is 5.49. The molecule has 3 rings (SSSR count). The zero-order valence-corrected chi connectivity index (χ0v) is 15.3. The minimum atomic E-state index is -0.280. The molecule has 0 atom stereocenters. The summed E-state index contributed by atoms with van der Waals surface area (Å²) in [6, 6.07) is 12.3. The monoisotopic (exact) mass is 373 g/mol. The second-order valence-electron chi connectivity index (χ2n) is 5.67. The van der Waals surface area contributed by atoms with E-state index in [0.717, 1.165) is 43.2 Å². The second-order valence-corrected chi connectivity index (χ2v) is 7.72. The van der Waals surface area contributed by atoms with Crippen molar-refractivity contribution in [2.45, 2.75) is 32.3 Å². The van der Waals surface area contributed by atoms with E-state index < -0.39 is 0 Å². The summed E-state index contributed by atoms with van der Waals surface area (Å²) < 4.78 is 5.76. The Balaban J connectivity index is 1.36. The number of carbonyl (C=O) groups excluding carboxylic acids is 2. The summed E-state index contributed by atoms with van der Waals surface area (Å²) in [5, 5.41) is 4.03. The summed E-state index contributed by atoms with van der Waals surface area (Å²) in [6.45, 7) is 0.611. The lowest BCUT2D eigenvalue weighted by atomic mass is 10.1. The molecule has 1 fully saturated rings. The van der Waals surface area contributed by atoms with E-state index in [1.165, 1.54) is 10.4 Å². The first kappa shape index (κ1) is 17.8. The number of hydrogen-bond donors (Lipinski definition) is 1. The van der Waals surface area contributed by atoms with Crippen molar-refractivity contribution in [3.05, 3.63) is 63.2 Å². The highest BCUT2D eigenvalue weighted by Gasteiger charge is 2.24. The number of carbonyl (C=O) groups is 2. The maximum atomic E-state index is 11.4. The van der Waals surface area contributed by atoms with Crippen molar-refractivity contribution in [3.63, 3.8) is 0 Å². The molecule has 2 amide bonds. The highest BCUT2D eigenvalue weighted by molar-refractivity contribution is 8.18. The molecule has 1 N–H and O–H groups in total. The molecule has 0 spiro atoms. The molecule has 1 saturated heterocycles. The van der Waals surface area contributed by atoms with Crippen LogP contribution in [0.25, 0.3) is 0 Å². The molecule has 2 heterocycles. The van der Waals surface area contributed by atoms with E-state index >= 15 is 0 Å². The van der Waals surface area contributed by atoms with Crippen molar-refractivity contribution >= 4 is 34.2 Å². The van der Waals surface area contributed by atoms with Crippen LogP contribution in [-0.2, 0) is 17.8 Å². The zero-order chi connectivity index (χ0) is 17.5. The van der Waals surface area contributed by atoms with Gasteiger partial charge in [0, 0.05) is 4.88 Å². The maximum Gasteiger partial charge on any atom is 0.290 e. The molecule has 0 radical (unpaired) electrons. The van der Waals surface area contributed by atoms with E-state index in [0.29, 0.717) is 11.5 Å². The van der Waals surface area contributed by atoms with E-state index in [-0.39, 0.29) is 11.1 Å². The Kier molecular flexibility index (Phi) is 6.30. The maximum absolute atomic E-state index is 11.4. The average Bonchev–Trinajstić information content (AvgIpc) is 3.23. The lowest BCUT2D eigenvalue weighted by molar-refractivity contribution is -0.115. The molecule has 1 aromatic carbocycles. The van der Waals surface area contributed by atoms with Gasteiger partial charge in [0.2, 0.25) is 0 Å². The van der Waals surface area contributed by atoms with Crippen LogP contribution in [0.3, 0.4) is 0 Å². The van der Waals surface area contributed by atoms with Crippen LogP contribution in [0.1, 0.15) is 29.7 Å². The Morgan fingerprint density at radius 1 is 1.08 bits per heavy atom. The molecule has 1 aliphatic rings. The van der Waals surface area contributed by atoms with E-state index in [1.54, 1.807) is 11.3 Å². The number of rotatable bonds is 8. The van der Waals surface area contributed by atoms with Crippen molar-refractivity contribution in [2.75, 3.05) is 0 Å². The van der Waals surface area contributed by atoms with Crippen molar-refractivity contribution < 1.29 is 14.3 Å². The molecule has 25 heavy (non-hydrogen) atoms. The topological polar surface area (TPSA) is 55.4 Å². The van der Waals surface area contributed by atoms with Gasteiger partial charge in [0.15, 0.2) is 0 Å². The van der Waals surface area contributed by atoms with Gasteiger partial charge in [0.05, 0.1) is 4.91 Å². The summed E-state index contributed by atoms with van der Waals surface area (Å²) in [5.41, 5.74) is 1.28. The number of amides is 2. The second kappa shape index (κ2) is 8.87. The Morgan fingerprint density at radius 2 is 1.92 bits per heavy atom. The molecular weight excluding hydrogens is 354 g/mol. The van der Waals surface area contributed by atoms with Crippen LogP contribution in [0.5, 0.6) is 5.75 Å². The van der Waals surface area contributed by atoms with Gasteiger partial charge in [-0.15, -0.1) is 11.3 Å². The van der Waals surface area contributed by atoms with Gasteiger partial charge >= 0.3 is 0 Å². The summed E-state index contributed by atoms with van der Waals surface area (Å²) in [5.74, 6) is 0.615. The molecule has 2 aromatic rings. The molecule has 0 saturated carbocycles. The van der Waals surface area contributed by atoms with Gasteiger partial charge in [0.25, 0.3) is 11.1 Å². The van der Waals surface area contributed by atoms with Crippen molar-refractivity contribution in [1.29, 1.82) is 0 Å². The first-order chi connectivity index (χ1) is 12.2. The average molecular weight is 373 g/mol. The quantitative estimate of drug-likeness (QED) is 0.528. The predicted molar refractivity (Wildman–Crippen MR) is 102 cm³/mol. The lowest BCUT2D eigenvalue weighted by Crippen LogP contribution is -2.17. The van der Waals surface area contributed by atoms with Gasteiger partial charge < -0.3 is 4.74 Å². The number of imide groups is 1. The smallest absolute Gasteiger partial charge is 0.290 e. The van der Waals surface area contributed by atoms with Crippen LogP contribution >= 0.6 is 23.1 Å². The minimum absolute atomic E-state index is 0.270. The fourth-order valence-corrected chi connectivity index (χ4v) is 3.77. The number of thiophene rings is 1. The predicted octanol–water partition coefficient (Wildman–Crippen LogP) is 4.91. The van der Waals surface area contributed by atoms with Crippen LogP contribution < -0.4 is 10.1 Å². The molecule has 1 aromatic heterocycles. The lowest BCUT2D eigenvalue weighted by Gasteiger charge is -2.06. The number of aryl methyl sites for hydroxylation is 1. The third-order valence-electron chi connectivity index (χ3n) is 3.78. The van der Waals surface area contributed by atoms with Gasteiger partial charge in [-0.2, -0.15) is 0 Å². The Labute approximate surface area is 155 Å². The van der Waals surface area contributed by atoms with Gasteiger partial charge in [-0.3, -0.25) is 14.9 Å². The largest absolute Gasteiger partial charge is 0.488 e. The molecule has 130 valence electrons. The molecule has 6 heteroatoms. The van der Waals surface area contributed by atoms with Crippen LogP contribution in [0.4, 0.5) is 4.79 Å². The number of nitrogens with one attached hydrogen (secondary N) is 1. The third kappa shape index (κ3) is 5.47. The number of allylic oxidation sites excluding steroid dienone is 1. The van der Waals surface area contributed by atoms with Crippen LogP contribution in [0.2, 0.25) is 0 Å². The van der Waals surface area contributed by atoms with Gasteiger partial charge in [0.1, 0.15) is 12.4 Å². The number of benzene rings is 1. The van der Waals surface area contributed by atoms with Crippen molar-refractivity contribution in [1.82, 2.24) is 5.32 Å².